The topological polar surface area (TPSA) is 77.8 Å². The Morgan fingerprint density at radius 1 is 1.50 bits per heavy atom. The van der Waals surface area contributed by atoms with Gasteiger partial charge in [0.2, 0.25) is 0 Å². The van der Waals surface area contributed by atoms with Crippen molar-refractivity contribution in [2.45, 2.75) is 39.4 Å². The largest absolute Gasteiger partial charge is 0.481 e. The molecule has 0 amide bonds. The monoisotopic (exact) mass is 176 g/mol. The van der Waals surface area contributed by atoms with Crippen LogP contribution in [0.1, 0.15) is 33.1 Å². The number of carboxylic acids is 1. The van der Waals surface area contributed by atoms with E-state index in [1.807, 2.05) is 0 Å². The van der Waals surface area contributed by atoms with E-state index in [2.05, 4.69) is 0 Å². The Balaban J connectivity index is 4.06. The van der Waals surface area contributed by atoms with Gasteiger partial charge in [-0.2, -0.15) is 0 Å². The molecule has 0 aliphatic carbocycles. The van der Waals surface area contributed by atoms with Crippen molar-refractivity contribution < 1.29 is 20.1 Å². The molecule has 4 nitrogen and oxygen atoms in total. The van der Waals surface area contributed by atoms with Crippen LogP contribution in [0.25, 0.3) is 0 Å². The minimum Gasteiger partial charge on any atom is -0.481 e. The Hall–Kier alpha value is -0.610. The third-order valence-corrected chi connectivity index (χ3v) is 2.25. The summed E-state index contributed by atoms with van der Waals surface area (Å²) >= 11 is 0. The fraction of sp³-hybridized carbons (Fsp3) is 0.875. The zero-order valence-electron chi connectivity index (χ0n) is 7.45. The molecular weight excluding hydrogens is 160 g/mol. The summed E-state index contributed by atoms with van der Waals surface area (Å²) in [5.41, 5.74) is -0.830. The van der Waals surface area contributed by atoms with Crippen LogP contribution < -0.4 is 0 Å². The van der Waals surface area contributed by atoms with Gasteiger partial charge in [0.25, 0.3) is 0 Å². The molecular formula is C8H16O4. The maximum atomic E-state index is 10.7. The summed E-state index contributed by atoms with van der Waals surface area (Å²) in [7, 11) is 0. The van der Waals surface area contributed by atoms with Crippen molar-refractivity contribution in [2.75, 3.05) is 0 Å². The molecule has 12 heavy (non-hydrogen) atoms. The number of aliphatic carboxylic acids is 1. The molecule has 0 aromatic rings. The standard InChI is InChI=1S/C8H16O4/c1-3-8(2,7(11)12)5-4-6(9)10/h6,9-10H,3-5H2,1-2H3,(H,11,12). The van der Waals surface area contributed by atoms with E-state index in [1.54, 1.807) is 13.8 Å². The average molecular weight is 176 g/mol. The molecule has 3 N–H and O–H groups in total. The van der Waals surface area contributed by atoms with E-state index >= 15 is 0 Å². The molecule has 0 rings (SSSR count). The molecule has 0 aliphatic heterocycles. The first-order chi connectivity index (χ1) is 5.42. The van der Waals surface area contributed by atoms with Gasteiger partial charge >= 0.3 is 5.97 Å². The minimum absolute atomic E-state index is 0.108. The van der Waals surface area contributed by atoms with E-state index in [9.17, 15) is 4.79 Å². The number of carbonyl (C=O) groups is 1. The number of hydrogen-bond acceptors (Lipinski definition) is 3. The number of carboxylic acid groups (broad SMARTS) is 1. The molecule has 0 aliphatic rings. The molecule has 1 atom stereocenters. The van der Waals surface area contributed by atoms with Gasteiger partial charge < -0.3 is 15.3 Å². The Morgan fingerprint density at radius 3 is 2.25 bits per heavy atom. The second kappa shape index (κ2) is 4.42. The van der Waals surface area contributed by atoms with Gasteiger partial charge in [-0.05, 0) is 26.2 Å². The molecule has 72 valence electrons. The predicted molar refractivity (Wildman–Crippen MR) is 43.5 cm³/mol. The van der Waals surface area contributed by atoms with Gasteiger partial charge in [-0.3, -0.25) is 4.79 Å². The Bertz CT molecular complexity index is 155. The van der Waals surface area contributed by atoms with E-state index in [1.165, 1.54) is 0 Å². The second-order valence-electron chi connectivity index (χ2n) is 3.24. The van der Waals surface area contributed by atoms with Crippen molar-refractivity contribution in [2.24, 2.45) is 5.41 Å². The molecule has 0 bridgehead atoms. The van der Waals surface area contributed by atoms with Crippen LogP contribution >= 0.6 is 0 Å². The molecule has 0 heterocycles. The zero-order chi connectivity index (χ0) is 9.78. The van der Waals surface area contributed by atoms with Gasteiger partial charge in [-0.15, -0.1) is 0 Å². The second-order valence-corrected chi connectivity index (χ2v) is 3.24. The van der Waals surface area contributed by atoms with Crippen molar-refractivity contribution >= 4 is 5.97 Å². The number of aliphatic hydroxyl groups excluding tert-OH is 1. The maximum Gasteiger partial charge on any atom is 0.309 e. The van der Waals surface area contributed by atoms with E-state index < -0.39 is 17.7 Å². The van der Waals surface area contributed by atoms with Crippen molar-refractivity contribution in [1.29, 1.82) is 0 Å². The van der Waals surface area contributed by atoms with Crippen LogP contribution in [0.2, 0.25) is 0 Å². The first-order valence-corrected chi connectivity index (χ1v) is 4.02. The fourth-order valence-corrected chi connectivity index (χ4v) is 0.883. The van der Waals surface area contributed by atoms with Crippen molar-refractivity contribution in [3.63, 3.8) is 0 Å². The third-order valence-electron chi connectivity index (χ3n) is 2.25. The van der Waals surface area contributed by atoms with Crippen LogP contribution in [0.4, 0.5) is 0 Å². The summed E-state index contributed by atoms with van der Waals surface area (Å²) in [5.74, 6) is -0.884. The minimum atomic E-state index is -1.41. The lowest BCUT2D eigenvalue weighted by atomic mass is 9.83. The van der Waals surface area contributed by atoms with E-state index in [-0.39, 0.29) is 12.8 Å². The molecule has 0 aromatic heterocycles. The first-order valence-electron chi connectivity index (χ1n) is 4.02. The maximum absolute atomic E-state index is 10.7. The van der Waals surface area contributed by atoms with Gasteiger partial charge in [0.05, 0.1) is 5.41 Å². The highest BCUT2D eigenvalue weighted by Gasteiger charge is 2.30. The lowest BCUT2D eigenvalue weighted by Crippen LogP contribution is -2.28. The highest BCUT2D eigenvalue weighted by atomic mass is 16.5. The summed E-state index contributed by atoms with van der Waals surface area (Å²) < 4.78 is 0. The number of hydrogen-bond donors (Lipinski definition) is 3. The number of aliphatic hydroxyl groups is 2. The van der Waals surface area contributed by atoms with Crippen molar-refractivity contribution in [3.8, 4) is 0 Å². The third kappa shape index (κ3) is 3.19. The summed E-state index contributed by atoms with van der Waals surface area (Å²) in [5, 5.41) is 25.9. The zero-order valence-corrected chi connectivity index (χ0v) is 7.45. The van der Waals surface area contributed by atoms with Gasteiger partial charge in [0, 0.05) is 0 Å². The lowest BCUT2D eigenvalue weighted by molar-refractivity contribution is -0.149. The van der Waals surface area contributed by atoms with Crippen LogP contribution in [0.15, 0.2) is 0 Å². The fourth-order valence-electron chi connectivity index (χ4n) is 0.883. The smallest absolute Gasteiger partial charge is 0.309 e. The van der Waals surface area contributed by atoms with E-state index in [4.69, 9.17) is 15.3 Å². The SMILES string of the molecule is CCC(C)(CCC(O)O)C(=O)O. The van der Waals surface area contributed by atoms with E-state index in [0.29, 0.717) is 6.42 Å². The molecule has 0 radical (unpaired) electrons. The van der Waals surface area contributed by atoms with Crippen LogP contribution in [0.5, 0.6) is 0 Å². The average Bonchev–Trinajstić information content (AvgIpc) is 1.99. The predicted octanol–water partition coefficient (Wildman–Crippen LogP) is 0.578. The Labute approximate surface area is 71.8 Å². The molecule has 0 fully saturated rings. The van der Waals surface area contributed by atoms with E-state index in [0.717, 1.165) is 0 Å². The lowest BCUT2D eigenvalue weighted by Gasteiger charge is -2.22. The first kappa shape index (κ1) is 11.4. The summed E-state index contributed by atoms with van der Waals surface area (Å²) in [6.45, 7) is 3.38. The van der Waals surface area contributed by atoms with Crippen LogP contribution in [-0.4, -0.2) is 27.6 Å². The molecule has 0 spiro atoms. The van der Waals surface area contributed by atoms with Gasteiger partial charge in [-0.1, -0.05) is 6.92 Å². The van der Waals surface area contributed by atoms with Crippen LogP contribution in [0.3, 0.4) is 0 Å². The molecule has 0 aromatic carbocycles. The number of rotatable bonds is 5. The van der Waals surface area contributed by atoms with Crippen LogP contribution in [-0.2, 0) is 4.79 Å². The highest BCUT2D eigenvalue weighted by molar-refractivity contribution is 5.73. The molecule has 0 saturated heterocycles. The highest BCUT2D eigenvalue weighted by Crippen LogP contribution is 2.27. The molecule has 4 heteroatoms. The Kier molecular flexibility index (Phi) is 4.20. The normalized spacial score (nSPS) is 16.1. The van der Waals surface area contributed by atoms with Gasteiger partial charge in [0.15, 0.2) is 6.29 Å². The molecule has 0 saturated carbocycles. The van der Waals surface area contributed by atoms with Gasteiger partial charge in [0.1, 0.15) is 0 Å². The van der Waals surface area contributed by atoms with Gasteiger partial charge in [-0.25, -0.2) is 0 Å². The Morgan fingerprint density at radius 2 is 2.00 bits per heavy atom. The quantitative estimate of drug-likeness (QED) is 0.535. The summed E-state index contributed by atoms with van der Waals surface area (Å²) in [4.78, 5) is 10.7. The van der Waals surface area contributed by atoms with Crippen molar-refractivity contribution in [3.05, 3.63) is 0 Å². The summed E-state index contributed by atoms with van der Waals surface area (Å²) in [6.07, 6.45) is -0.516. The molecule has 1 unspecified atom stereocenters. The summed E-state index contributed by atoms with van der Waals surface area (Å²) in [6, 6.07) is 0. The van der Waals surface area contributed by atoms with Crippen molar-refractivity contribution in [1.82, 2.24) is 0 Å². The van der Waals surface area contributed by atoms with Crippen LogP contribution in [0, 0.1) is 5.41 Å².